The van der Waals surface area contributed by atoms with Gasteiger partial charge in [0.1, 0.15) is 10.6 Å². The summed E-state index contributed by atoms with van der Waals surface area (Å²) in [5.74, 6) is 0.178. The summed E-state index contributed by atoms with van der Waals surface area (Å²) >= 11 is 0. The highest BCUT2D eigenvalue weighted by Gasteiger charge is 2.25. The number of amides is 1. The minimum absolute atomic E-state index is 0.0440. The van der Waals surface area contributed by atoms with Gasteiger partial charge in [0.25, 0.3) is 10.0 Å². The topological polar surface area (TPSA) is 90.3 Å². The lowest BCUT2D eigenvalue weighted by Crippen LogP contribution is -2.31. The third-order valence-electron chi connectivity index (χ3n) is 4.51. The highest BCUT2D eigenvalue weighted by atomic mass is 32.2. The van der Waals surface area contributed by atoms with Crippen molar-refractivity contribution < 1.29 is 17.9 Å². The molecule has 1 aromatic heterocycles. The molecule has 0 bridgehead atoms. The molecule has 0 unspecified atom stereocenters. The average Bonchev–Trinajstić information content (AvgIpc) is 2.91. The molecule has 3 aromatic rings. The third-order valence-corrected chi connectivity index (χ3v) is 6.14. The molecule has 1 N–H and O–H groups in total. The molecule has 1 heterocycles. The number of hydrogen-bond acceptors (Lipinski definition) is 5. The molecule has 7 nitrogen and oxygen atoms in total. The first-order valence-corrected chi connectivity index (χ1v) is 10.4. The fourth-order valence-corrected chi connectivity index (χ4v) is 4.59. The van der Waals surface area contributed by atoms with Crippen molar-refractivity contribution in [3.63, 3.8) is 0 Å². The highest BCUT2D eigenvalue weighted by Crippen LogP contribution is 2.25. The van der Waals surface area contributed by atoms with Gasteiger partial charge in [-0.2, -0.15) is 5.10 Å². The number of benzene rings is 2. The fourth-order valence-electron chi connectivity index (χ4n) is 3.13. The van der Waals surface area contributed by atoms with Crippen molar-refractivity contribution in [2.24, 2.45) is 7.05 Å². The Morgan fingerprint density at radius 1 is 1.14 bits per heavy atom. The Kier molecular flexibility index (Phi) is 5.69. The molecule has 8 heteroatoms. The standard InChI is InChI=1S/C20H23N3O4S/c1-14-20(15(2)23(3)21-14)28(25,26)22-19(24)12-7-13-27-18-11-6-9-16-8-4-5-10-17(16)18/h4-6,8-11H,7,12-13H2,1-3H3,(H,22,24). The lowest BCUT2D eigenvalue weighted by Gasteiger charge is -2.10. The maximum absolute atomic E-state index is 12.5. The van der Waals surface area contributed by atoms with E-state index in [4.69, 9.17) is 4.74 Å². The van der Waals surface area contributed by atoms with E-state index in [0.29, 0.717) is 24.4 Å². The van der Waals surface area contributed by atoms with Gasteiger partial charge in [0.15, 0.2) is 0 Å². The van der Waals surface area contributed by atoms with Crippen molar-refractivity contribution in [3.8, 4) is 5.75 Å². The largest absolute Gasteiger partial charge is 0.493 e. The molecule has 0 saturated carbocycles. The van der Waals surface area contributed by atoms with Crippen molar-refractivity contribution in [2.45, 2.75) is 31.6 Å². The van der Waals surface area contributed by atoms with E-state index in [1.54, 1.807) is 20.9 Å². The number of ether oxygens (including phenoxy) is 1. The second-order valence-electron chi connectivity index (χ2n) is 6.58. The summed E-state index contributed by atoms with van der Waals surface area (Å²) in [7, 11) is -2.28. The number of rotatable bonds is 7. The predicted octanol–water partition coefficient (Wildman–Crippen LogP) is 2.85. The van der Waals surface area contributed by atoms with Crippen LogP contribution in [0.4, 0.5) is 0 Å². The van der Waals surface area contributed by atoms with Gasteiger partial charge in [0.05, 0.1) is 18.0 Å². The molecule has 0 aliphatic heterocycles. The van der Waals surface area contributed by atoms with Crippen LogP contribution in [0, 0.1) is 13.8 Å². The highest BCUT2D eigenvalue weighted by molar-refractivity contribution is 7.90. The third kappa shape index (κ3) is 4.17. The molecule has 0 saturated heterocycles. The number of fused-ring (bicyclic) bond motifs is 1. The summed E-state index contributed by atoms with van der Waals surface area (Å²) < 4.78 is 34.3. The van der Waals surface area contributed by atoms with Crippen LogP contribution in [0.2, 0.25) is 0 Å². The van der Waals surface area contributed by atoms with Gasteiger partial charge in [-0.25, -0.2) is 13.1 Å². The van der Waals surface area contributed by atoms with Crippen LogP contribution >= 0.6 is 0 Å². The van der Waals surface area contributed by atoms with E-state index in [1.165, 1.54) is 4.68 Å². The van der Waals surface area contributed by atoms with Gasteiger partial charge in [-0.1, -0.05) is 36.4 Å². The SMILES string of the molecule is Cc1nn(C)c(C)c1S(=O)(=O)NC(=O)CCCOc1cccc2ccccc12. The molecule has 0 atom stereocenters. The minimum atomic E-state index is -3.94. The Morgan fingerprint density at radius 3 is 2.57 bits per heavy atom. The summed E-state index contributed by atoms with van der Waals surface area (Å²) in [5, 5.41) is 6.16. The van der Waals surface area contributed by atoms with Crippen LogP contribution in [0.15, 0.2) is 47.4 Å². The monoisotopic (exact) mass is 401 g/mol. The molecule has 0 fully saturated rings. The van der Waals surface area contributed by atoms with Gasteiger partial charge < -0.3 is 4.74 Å². The van der Waals surface area contributed by atoms with E-state index in [0.717, 1.165) is 16.5 Å². The Labute approximate surface area is 164 Å². The number of hydrogen-bond donors (Lipinski definition) is 1. The van der Waals surface area contributed by atoms with Crippen LogP contribution in [0.5, 0.6) is 5.75 Å². The van der Waals surface area contributed by atoms with E-state index < -0.39 is 15.9 Å². The predicted molar refractivity (Wildman–Crippen MR) is 107 cm³/mol. The maximum Gasteiger partial charge on any atom is 0.267 e. The quantitative estimate of drug-likeness (QED) is 0.615. The van der Waals surface area contributed by atoms with Gasteiger partial charge in [-0.05, 0) is 31.7 Å². The molecule has 3 rings (SSSR count). The van der Waals surface area contributed by atoms with Crippen LogP contribution in [0.3, 0.4) is 0 Å². The van der Waals surface area contributed by atoms with Gasteiger partial charge in [-0.3, -0.25) is 9.48 Å². The smallest absolute Gasteiger partial charge is 0.267 e. The summed E-state index contributed by atoms with van der Waals surface area (Å²) in [6.07, 6.45) is 0.442. The van der Waals surface area contributed by atoms with Crippen molar-refractivity contribution >= 4 is 26.7 Å². The number of carbonyl (C=O) groups is 1. The normalized spacial score (nSPS) is 11.5. The second-order valence-corrected chi connectivity index (χ2v) is 8.20. The number of aryl methyl sites for hydroxylation is 2. The van der Waals surface area contributed by atoms with E-state index in [9.17, 15) is 13.2 Å². The van der Waals surface area contributed by atoms with E-state index in [-0.39, 0.29) is 11.3 Å². The zero-order valence-electron chi connectivity index (χ0n) is 16.1. The van der Waals surface area contributed by atoms with Crippen LogP contribution in [0.25, 0.3) is 10.8 Å². The van der Waals surface area contributed by atoms with Crippen molar-refractivity contribution in [3.05, 3.63) is 53.9 Å². The average molecular weight is 401 g/mol. The van der Waals surface area contributed by atoms with Crippen molar-refractivity contribution in [1.29, 1.82) is 0 Å². The summed E-state index contributed by atoms with van der Waals surface area (Å²) in [5.41, 5.74) is 0.844. The molecular formula is C20H23N3O4S. The number of nitrogens with one attached hydrogen (secondary N) is 1. The first kappa shape index (κ1) is 19.9. The van der Waals surface area contributed by atoms with E-state index in [1.807, 2.05) is 42.5 Å². The first-order valence-electron chi connectivity index (χ1n) is 8.96. The molecule has 0 radical (unpaired) electrons. The van der Waals surface area contributed by atoms with E-state index >= 15 is 0 Å². The summed E-state index contributed by atoms with van der Waals surface area (Å²) in [4.78, 5) is 12.2. The Balaban J connectivity index is 1.56. The molecule has 28 heavy (non-hydrogen) atoms. The van der Waals surface area contributed by atoms with Crippen LogP contribution in [-0.4, -0.2) is 30.7 Å². The zero-order valence-corrected chi connectivity index (χ0v) is 16.9. The number of carbonyl (C=O) groups excluding carboxylic acids is 1. The van der Waals surface area contributed by atoms with Crippen LogP contribution < -0.4 is 9.46 Å². The molecular weight excluding hydrogens is 378 g/mol. The summed E-state index contributed by atoms with van der Waals surface area (Å²) in [6, 6.07) is 13.7. The molecule has 0 aliphatic rings. The number of sulfonamides is 1. The van der Waals surface area contributed by atoms with Crippen LogP contribution in [0.1, 0.15) is 24.2 Å². The minimum Gasteiger partial charge on any atom is -0.493 e. The number of nitrogens with zero attached hydrogens (tertiary/aromatic N) is 2. The maximum atomic E-state index is 12.5. The first-order chi connectivity index (χ1) is 13.3. The Morgan fingerprint density at radius 2 is 1.86 bits per heavy atom. The molecule has 0 aliphatic carbocycles. The number of aromatic nitrogens is 2. The molecule has 148 valence electrons. The molecule has 0 spiro atoms. The molecule has 1 amide bonds. The summed E-state index contributed by atoms with van der Waals surface area (Å²) in [6.45, 7) is 3.56. The zero-order chi connectivity index (χ0) is 20.3. The Bertz CT molecular complexity index is 1110. The lowest BCUT2D eigenvalue weighted by atomic mass is 10.1. The van der Waals surface area contributed by atoms with E-state index in [2.05, 4.69) is 9.82 Å². The molecule has 2 aromatic carbocycles. The van der Waals surface area contributed by atoms with Gasteiger partial charge in [-0.15, -0.1) is 0 Å². The second kappa shape index (κ2) is 8.02. The van der Waals surface area contributed by atoms with Crippen molar-refractivity contribution in [2.75, 3.05) is 6.61 Å². The lowest BCUT2D eigenvalue weighted by molar-refractivity contribution is -0.119. The fraction of sp³-hybridized carbons (Fsp3) is 0.300. The van der Waals surface area contributed by atoms with Gasteiger partial charge in [0.2, 0.25) is 5.91 Å². The van der Waals surface area contributed by atoms with Crippen LogP contribution in [-0.2, 0) is 21.9 Å². The van der Waals surface area contributed by atoms with Crippen molar-refractivity contribution in [1.82, 2.24) is 14.5 Å². The van der Waals surface area contributed by atoms with Gasteiger partial charge >= 0.3 is 0 Å². The Hall–Kier alpha value is -2.87. The van der Waals surface area contributed by atoms with Gasteiger partial charge in [0, 0.05) is 18.9 Å².